The van der Waals surface area contributed by atoms with E-state index >= 15 is 0 Å². The summed E-state index contributed by atoms with van der Waals surface area (Å²) in [5, 5.41) is 13.6. The Kier molecular flexibility index (Phi) is 2.74. The maximum absolute atomic E-state index is 11.0. The largest absolute Gasteiger partial charge is 0.481 e. The van der Waals surface area contributed by atoms with E-state index in [-0.39, 0.29) is 6.42 Å². The Labute approximate surface area is 104 Å². The fraction of sp³-hybridized carbons (Fsp3) is 0.462. The third kappa shape index (κ3) is 1.85. The first-order chi connectivity index (χ1) is 8.75. The van der Waals surface area contributed by atoms with E-state index in [9.17, 15) is 4.79 Å². The number of carboxylic acids is 1. The standard InChI is InChI=1S/C13H15N3O2/c17-11(18)8-10-12(9-4-1-2-5-9)15-16-7-3-6-14-13(10)16/h3,6-7,9H,1-2,4-5,8H2,(H,17,18). The van der Waals surface area contributed by atoms with Gasteiger partial charge in [0, 0.05) is 23.9 Å². The highest BCUT2D eigenvalue weighted by molar-refractivity contribution is 5.74. The summed E-state index contributed by atoms with van der Waals surface area (Å²) in [7, 11) is 0. The van der Waals surface area contributed by atoms with Crippen LogP contribution in [-0.4, -0.2) is 25.7 Å². The van der Waals surface area contributed by atoms with Gasteiger partial charge >= 0.3 is 5.97 Å². The molecular formula is C13H15N3O2. The molecule has 3 rings (SSSR count). The second-order valence-corrected chi connectivity index (χ2v) is 4.80. The lowest BCUT2D eigenvalue weighted by Crippen LogP contribution is -2.05. The Bertz CT molecular complexity index is 585. The van der Waals surface area contributed by atoms with E-state index in [4.69, 9.17) is 5.11 Å². The minimum atomic E-state index is -0.824. The van der Waals surface area contributed by atoms with Gasteiger partial charge in [-0.1, -0.05) is 12.8 Å². The molecule has 1 saturated carbocycles. The Morgan fingerprint density at radius 3 is 2.94 bits per heavy atom. The molecule has 2 heterocycles. The Morgan fingerprint density at radius 2 is 2.22 bits per heavy atom. The molecule has 0 atom stereocenters. The van der Waals surface area contributed by atoms with Crippen molar-refractivity contribution < 1.29 is 9.90 Å². The van der Waals surface area contributed by atoms with Gasteiger partial charge in [-0.2, -0.15) is 5.10 Å². The van der Waals surface area contributed by atoms with E-state index in [0.717, 1.165) is 24.1 Å². The molecule has 0 radical (unpaired) electrons. The van der Waals surface area contributed by atoms with Crippen molar-refractivity contribution in [1.82, 2.24) is 14.6 Å². The second-order valence-electron chi connectivity index (χ2n) is 4.80. The number of rotatable bonds is 3. The van der Waals surface area contributed by atoms with Crippen LogP contribution < -0.4 is 0 Å². The van der Waals surface area contributed by atoms with Gasteiger partial charge < -0.3 is 5.11 Å². The number of nitrogens with zero attached hydrogens (tertiary/aromatic N) is 3. The number of carboxylic acid groups (broad SMARTS) is 1. The molecule has 94 valence electrons. The molecule has 0 unspecified atom stereocenters. The third-order valence-corrected chi connectivity index (χ3v) is 3.59. The molecule has 1 aliphatic rings. The number of aliphatic carboxylic acids is 1. The molecule has 18 heavy (non-hydrogen) atoms. The molecule has 5 heteroatoms. The molecule has 0 bridgehead atoms. The third-order valence-electron chi connectivity index (χ3n) is 3.59. The second kappa shape index (κ2) is 4.40. The van der Waals surface area contributed by atoms with Gasteiger partial charge in [0.15, 0.2) is 5.65 Å². The van der Waals surface area contributed by atoms with Gasteiger partial charge in [-0.25, -0.2) is 9.50 Å². The van der Waals surface area contributed by atoms with Crippen molar-refractivity contribution in [3.63, 3.8) is 0 Å². The SMILES string of the molecule is O=C(O)Cc1c(C2CCCC2)nn2cccnc12. The molecule has 5 nitrogen and oxygen atoms in total. The summed E-state index contributed by atoms with van der Waals surface area (Å²) >= 11 is 0. The van der Waals surface area contributed by atoms with Gasteiger partial charge in [0.2, 0.25) is 0 Å². The molecule has 2 aromatic rings. The molecule has 1 aliphatic carbocycles. The van der Waals surface area contributed by atoms with Crippen LogP contribution in [0.15, 0.2) is 18.5 Å². The van der Waals surface area contributed by atoms with Crippen molar-refractivity contribution in [3.8, 4) is 0 Å². The smallest absolute Gasteiger partial charge is 0.308 e. The zero-order chi connectivity index (χ0) is 12.5. The number of fused-ring (bicyclic) bond motifs is 1. The zero-order valence-electron chi connectivity index (χ0n) is 10.0. The zero-order valence-corrected chi connectivity index (χ0v) is 10.0. The first kappa shape index (κ1) is 11.2. The van der Waals surface area contributed by atoms with Crippen molar-refractivity contribution in [2.45, 2.75) is 38.0 Å². The molecular weight excluding hydrogens is 230 g/mol. The molecule has 0 saturated heterocycles. The summed E-state index contributed by atoms with van der Waals surface area (Å²) in [4.78, 5) is 15.3. The topological polar surface area (TPSA) is 67.5 Å². The molecule has 2 aromatic heterocycles. The fourth-order valence-corrected chi connectivity index (χ4v) is 2.80. The van der Waals surface area contributed by atoms with Crippen LogP contribution in [0, 0.1) is 0 Å². The summed E-state index contributed by atoms with van der Waals surface area (Å²) in [5.74, 6) is -0.421. The summed E-state index contributed by atoms with van der Waals surface area (Å²) in [6, 6.07) is 1.81. The van der Waals surface area contributed by atoms with Gasteiger partial charge in [0.1, 0.15) is 0 Å². The van der Waals surface area contributed by atoms with Crippen LogP contribution >= 0.6 is 0 Å². The number of carbonyl (C=O) groups is 1. The molecule has 1 N–H and O–H groups in total. The van der Waals surface area contributed by atoms with Crippen LogP contribution in [0.5, 0.6) is 0 Å². The van der Waals surface area contributed by atoms with E-state index in [1.807, 2.05) is 12.3 Å². The minimum Gasteiger partial charge on any atom is -0.481 e. The highest BCUT2D eigenvalue weighted by atomic mass is 16.4. The maximum atomic E-state index is 11.0. The summed E-state index contributed by atoms with van der Waals surface area (Å²) in [6.07, 6.45) is 8.14. The lowest BCUT2D eigenvalue weighted by molar-refractivity contribution is -0.136. The van der Waals surface area contributed by atoms with Gasteiger partial charge in [0.25, 0.3) is 0 Å². The van der Waals surface area contributed by atoms with Crippen LogP contribution in [0.4, 0.5) is 0 Å². The van der Waals surface area contributed by atoms with E-state index < -0.39 is 5.97 Å². The Morgan fingerprint density at radius 1 is 1.44 bits per heavy atom. The number of aromatic nitrogens is 3. The predicted molar refractivity (Wildman–Crippen MR) is 65.5 cm³/mol. The monoisotopic (exact) mass is 245 g/mol. The highest BCUT2D eigenvalue weighted by Crippen LogP contribution is 2.36. The minimum absolute atomic E-state index is 0.00630. The number of hydrogen-bond donors (Lipinski definition) is 1. The van der Waals surface area contributed by atoms with E-state index in [2.05, 4.69) is 10.1 Å². The highest BCUT2D eigenvalue weighted by Gasteiger charge is 2.26. The average Bonchev–Trinajstić information content (AvgIpc) is 2.96. The van der Waals surface area contributed by atoms with Gasteiger partial charge in [-0.15, -0.1) is 0 Å². The van der Waals surface area contributed by atoms with Crippen LogP contribution in [0.3, 0.4) is 0 Å². The van der Waals surface area contributed by atoms with Crippen molar-refractivity contribution in [2.24, 2.45) is 0 Å². The summed E-state index contributed by atoms with van der Waals surface area (Å²) in [5.41, 5.74) is 2.41. The van der Waals surface area contributed by atoms with Crippen molar-refractivity contribution in [1.29, 1.82) is 0 Å². The van der Waals surface area contributed by atoms with Crippen LogP contribution in [0.1, 0.15) is 42.9 Å². The lowest BCUT2D eigenvalue weighted by atomic mass is 9.98. The average molecular weight is 245 g/mol. The number of hydrogen-bond acceptors (Lipinski definition) is 3. The molecule has 0 aliphatic heterocycles. The van der Waals surface area contributed by atoms with Crippen molar-refractivity contribution in [3.05, 3.63) is 29.7 Å². The molecule has 0 amide bonds. The Balaban J connectivity index is 2.12. The van der Waals surface area contributed by atoms with E-state index in [1.54, 1.807) is 10.7 Å². The van der Waals surface area contributed by atoms with E-state index in [1.165, 1.54) is 12.8 Å². The molecule has 0 aromatic carbocycles. The van der Waals surface area contributed by atoms with Gasteiger partial charge in [-0.05, 0) is 18.9 Å². The normalized spacial score (nSPS) is 16.4. The fourth-order valence-electron chi connectivity index (χ4n) is 2.80. The van der Waals surface area contributed by atoms with Crippen LogP contribution in [0.25, 0.3) is 5.65 Å². The van der Waals surface area contributed by atoms with Gasteiger partial charge in [0.05, 0.1) is 12.1 Å². The summed E-state index contributed by atoms with van der Waals surface area (Å²) in [6.45, 7) is 0. The summed E-state index contributed by atoms with van der Waals surface area (Å²) < 4.78 is 1.70. The first-order valence-electron chi connectivity index (χ1n) is 6.29. The van der Waals surface area contributed by atoms with Crippen molar-refractivity contribution >= 4 is 11.6 Å². The molecule has 1 fully saturated rings. The van der Waals surface area contributed by atoms with Crippen LogP contribution in [0.2, 0.25) is 0 Å². The van der Waals surface area contributed by atoms with E-state index in [0.29, 0.717) is 11.6 Å². The van der Waals surface area contributed by atoms with Gasteiger partial charge in [-0.3, -0.25) is 4.79 Å². The lowest BCUT2D eigenvalue weighted by Gasteiger charge is -2.06. The molecule has 0 spiro atoms. The van der Waals surface area contributed by atoms with Crippen molar-refractivity contribution in [2.75, 3.05) is 0 Å². The van der Waals surface area contributed by atoms with Crippen LogP contribution in [-0.2, 0) is 11.2 Å². The first-order valence-corrected chi connectivity index (χ1v) is 6.29. The Hall–Kier alpha value is -1.91. The quantitative estimate of drug-likeness (QED) is 0.898. The predicted octanol–water partition coefficient (Wildman–Crippen LogP) is 2.01. The maximum Gasteiger partial charge on any atom is 0.308 e.